The van der Waals surface area contributed by atoms with Gasteiger partial charge in [0.05, 0.1) is 12.3 Å². The van der Waals surface area contributed by atoms with Crippen LogP contribution >= 0.6 is 0 Å². The number of likely N-dealkylation sites (N-methyl/N-ethyl adjacent to an activating group) is 1. The maximum Gasteiger partial charge on any atom is 0.262 e. The van der Waals surface area contributed by atoms with Crippen LogP contribution in [0.1, 0.15) is 42.1 Å². The highest BCUT2D eigenvalue weighted by atomic mass is 16.3. The van der Waals surface area contributed by atoms with Gasteiger partial charge in [-0.1, -0.05) is 6.92 Å². The van der Waals surface area contributed by atoms with Crippen molar-refractivity contribution in [1.29, 1.82) is 5.26 Å². The predicted molar refractivity (Wildman–Crippen MR) is 106 cm³/mol. The molecule has 2 aromatic heterocycles. The molecule has 0 aromatic carbocycles. The molecule has 0 saturated heterocycles. The third-order valence-electron chi connectivity index (χ3n) is 4.68. The van der Waals surface area contributed by atoms with Crippen LogP contribution in [0.25, 0.3) is 6.08 Å². The number of furan rings is 1. The van der Waals surface area contributed by atoms with E-state index in [-0.39, 0.29) is 17.5 Å². The third kappa shape index (κ3) is 4.89. The summed E-state index contributed by atoms with van der Waals surface area (Å²) in [6.45, 7) is 7.46. The second-order valence-electron chi connectivity index (χ2n) is 6.85. The lowest BCUT2D eigenvalue weighted by molar-refractivity contribution is -0.117. The maximum atomic E-state index is 12.5. The number of carbonyl (C=O) groups excluding carboxylic acids is 1. The highest BCUT2D eigenvalue weighted by Gasteiger charge is 2.19. The number of amides is 1. The van der Waals surface area contributed by atoms with Crippen LogP contribution in [-0.4, -0.2) is 36.0 Å². The summed E-state index contributed by atoms with van der Waals surface area (Å²) in [6.07, 6.45) is 4.31. The second kappa shape index (κ2) is 9.24. The monoisotopic (exact) mass is 368 g/mol. The molecular weight excluding hydrogens is 340 g/mol. The number of rotatable bonds is 8. The zero-order valence-electron chi connectivity index (χ0n) is 16.7. The number of hydrogen-bond acceptors (Lipinski definition) is 4. The number of nitriles is 1. The molecule has 0 aliphatic carbocycles. The molecule has 0 aliphatic heterocycles. The molecule has 2 rings (SSSR count). The number of aryl methyl sites for hydroxylation is 1. The summed E-state index contributed by atoms with van der Waals surface area (Å²) < 4.78 is 7.66. The van der Waals surface area contributed by atoms with Gasteiger partial charge in [-0.2, -0.15) is 5.26 Å². The van der Waals surface area contributed by atoms with Gasteiger partial charge >= 0.3 is 0 Å². The molecule has 0 radical (unpaired) electrons. The van der Waals surface area contributed by atoms with Crippen molar-refractivity contribution in [1.82, 2.24) is 14.8 Å². The molecule has 1 atom stereocenters. The third-order valence-corrected chi connectivity index (χ3v) is 4.68. The minimum Gasteiger partial charge on any atom is -0.468 e. The number of aromatic nitrogens is 1. The Morgan fingerprint density at radius 3 is 2.74 bits per heavy atom. The van der Waals surface area contributed by atoms with E-state index in [0.717, 1.165) is 35.7 Å². The van der Waals surface area contributed by atoms with Crippen molar-refractivity contribution in [2.45, 2.75) is 39.8 Å². The van der Waals surface area contributed by atoms with Crippen LogP contribution in [0.15, 0.2) is 34.5 Å². The van der Waals surface area contributed by atoms with Crippen molar-refractivity contribution >= 4 is 12.0 Å². The molecule has 6 nitrogen and oxygen atoms in total. The van der Waals surface area contributed by atoms with Crippen LogP contribution in [0.3, 0.4) is 0 Å². The van der Waals surface area contributed by atoms with Gasteiger partial charge in [0.2, 0.25) is 0 Å². The largest absolute Gasteiger partial charge is 0.468 e. The molecule has 2 heterocycles. The average Bonchev–Trinajstić information content (AvgIpc) is 3.24. The zero-order valence-corrected chi connectivity index (χ0v) is 16.7. The van der Waals surface area contributed by atoms with E-state index in [0.29, 0.717) is 6.54 Å². The Hall–Kier alpha value is -2.78. The molecule has 6 heteroatoms. The summed E-state index contributed by atoms with van der Waals surface area (Å²) in [5.74, 6) is 0.391. The van der Waals surface area contributed by atoms with Crippen molar-refractivity contribution in [2.75, 3.05) is 20.6 Å². The lowest BCUT2D eigenvalue weighted by Crippen LogP contribution is -2.34. The van der Waals surface area contributed by atoms with E-state index < -0.39 is 0 Å². The highest BCUT2D eigenvalue weighted by molar-refractivity contribution is 6.01. The van der Waals surface area contributed by atoms with Crippen LogP contribution in [-0.2, 0) is 11.3 Å². The summed E-state index contributed by atoms with van der Waals surface area (Å²) in [5, 5.41) is 12.3. The Labute approximate surface area is 161 Å². The number of carbonyl (C=O) groups is 1. The summed E-state index contributed by atoms with van der Waals surface area (Å²) in [7, 11) is 3.84. The van der Waals surface area contributed by atoms with Gasteiger partial charge in [0.25, 0.3) is 5.91 Å². The summed E-state index contributed by atoms with van der Waals surface area (Å²) in [6, 6.07) is 7.64. The van der Waals surface area contributed by atoms with Gasteiger partial charge in [-0.3, -0.25) is 9.69 Å². The first kappa shape index (κ1) is 20.5. The van der Waals surface area contributed by atoms with Crippen molar-refractivity contribution in [2.24, 2.45) is 0 Å². The highest BCUT2D eigenvalue weighted by Crippen LogP contribution is 2.20. The molecule has 144 valence electrons. The van der Waals surface area contributed by atoms with Crippen molar-refractivity contribution in [3.05, 3.63) is 52.7 Å². The van der Waals surface area contributed by atoms with Crippen molar-refractivity contribution in [3.63, 3.8) is 0 Å². The zero-order chi connectivity index (χ0) is 20.0. The van der Waals surface area contributed by atoms with E-state index in [1.165, 1.54) is 0 Å². The molecular formula is C21H28N4O2. The van der Waals surface area contributed by atoms with Crippen LogP contribution < -0.4 is 5.32 Å². The first-order valence-electron chi connectivity index (χ1n) is 9.15. The molecule has 0 fully saturated rings. The smallest absolute Gasteiger partial charge is 0.262 e. The lowest BCUT2D eigenvalue weighted by atomic mass is 10.1. The molecule has 0 spiro atoms. The van der Waals surface area contributed by atoms with E-state index in [1.807, 2.05) is 57.1 Å². The van der Waals surface area contributed by atoms with E-state index >= 15 is 0 Å². The fraction of sp³-hybridized carbons (Fsp3) is 0.429. The SMILES string of the molecule is CCCn1c(C)cc(/C=C(/C#N)C(=O)NCC(c2ccco2)N(C)C)c1C. The number of nitrogens with one attached hydrogen (secondary N) is 1. The molecule has 0 bridgehead atoms. The predicted octanol–water partition coefficient (Wildman–Crippen LogP) is 3.43. The van der Waals surface area contributed by atoms with Gasteiger partial charge in [0, 0.05) is 24.5 Å². The molecule has 0 saturated carbocycles. The number of nitrogens with zero attached hydrogens (tertiary/aromatic N) is 3. The van der Waals surface area contributed by atoms with Gasteiger partial charge in [0.1, 0.15) is 17.4 Å². The summed E-state index contributed by atoms with van der Waals surface area (Å²) >= 11 is 0. The molecule has 2 aromatic rings. The minimum atomic E-state index is -0.379. The molecule has 27 heavy (non-hydrogen) atoms. The normalized spacial score (nSPS) is 12.9. The Morgan fingerprint density at radius 2 is 2.19 bits per heavy atom. The average molecular weight is 368 g/mol. The first-order valence-corrected chi connectivity index (χ1v) is 9.15. The van der Waals surface area contributed by atoms with Crippen molar-refractivity contribution < 1.29 is 9.21 Å². The maximum absolute atomic E-state index is 12.5. The van der Waals surface area contributed by atoms with Crippen LogP contribution in [0.2, 0.25) is 0 Å². The topological polar surface area (TPSA) is 74.2 Å². The second-order valence-corrected chi connectivity index (χ2v) is 6.85. The number of hydrogen-bond donors (Lipinski definition) is 1. The van der Waals surface area contributed by atoms with Gasteiger partial charge in [-0.05, 0) is 64.2 Å². The molecule has 1 unspecified atom stereocenters. The van der Waals surface area contributed by atoms with Crippen molar-refractivity contribution in [3.8, 4) is 6.07 Å². The minimum absolute atomic E-state index is 0.0986. The van der Waals surface area contributed by atoms with Gasteiger partial charge in [0.15, 0.2) is 0 Å². The quantitative estimate of drug-likeness (QED) is 0.572. The standard InChI is InChI=1S/C21H28N4O2/c1-6-9-25-15(2)11-17(16(25)3)12-18(13-22)21(26)23-14-19(24(4)5)20-8-7-10-27-20/h7-8,10-12,19H,6,9,14H2,1-5H3,(H,23,26)/b18-12-. The van der Waals surface area contributed by atoms with Gasteiger partial charge < -0.3 is 14.3 Å². The van der Waals surface area contributed by atoms with Gasteiger partial charge in [-0.15, -0.1) is 0 Å². The Bertz CT molecular complexity index is 838. The summed E-state index contributed by atoms with van der Waals surface area (Å²) in [5.41, 5.74) is 3.20. The van der Waals surface area contributed by atoms with Crippen LogP contribution in [0.5, 0.6) is 0 Å². The molecule has 0 aliphatic rings. The van der Waals surface area contributed by atoms with E-state index in [1.54, 1.807) is 12.3 Å². The Kier molecular flexibility index (Phi) is 7.03. The lowest BCUT2D eigenvalue weighted by Gasteiger charge is -2.22. The first-order chi connectivity index (χ1) is 12.9. The van der Waals surface area contributed by atoms with E-state index in [9.17, 15) is 10.1 Å². The Morgan fingerprint density at radius 1 is 1.44 bits per heavy atom. The fourth-order valence-electron chi connectivity index (χ4n) is 3.15. The Balaban J connectivity index is 2.15. The van der Waals surface area contributed by atoms with Gasteiger partial charge in [-0.25, -0.2) is 0 Å². The molecule has 1 N–H and O–H groups in total. The molecule has 1 amide bonds. The van der Waals surface area contributed by atoms with E-state index in [4.69, 9.17) is 4.42 Å². The van der Waals surface area contributed by atoms with E-state index in [2.05, 4.69) is 16.8 Å². The summed E-state index contributed by atoms with van der Waals surface area (Å²) in [4.78, 5) is 14.5. The fourth-order valence-corrected chi connectivity index (χ4v) is 3.15. The van der Waals surface area contributed by atoms with Crippen LogP contribution in [0, 0.1) is 25.2 Å². The van der Waals surface area contributed by atoms with Crippen LogP contribution in [0.4, 0.5) is 0 Å².